The van der Waals surface area contributed by atoms with Gasteiger partial charge in [-0.2, -0.15) is 0 Å². The lowest BCUT2D eigenvalue weighted by atomic mass is 10.0. The highest BCUT2D eigenvalue weighted by atomic mass is 14.7. The third kappa shape index (κ3) is 1.46. The second-order valence-corrected chi connectivity index (χ2v) is 3.85. The van der Waals surface area contributed by atoms with Gasteiger partial charge in [-0.25, -0.2) is 0 Å². The van der Waals surface area contributed by atoms with E-state index in [9.17, 15) is 0 Å². The molecule has 1 aromatic carbocycles. The maximum atomic E-state index is 3.29. The fourth-order valence-electron chi connectivity index (χ4n) is 1.74. The smallest absolute Gasteiger partial charge is 0.0486 e. The van der Waals surface area contributed by atoms with Crippen LogP contribution in [0.4, 0.5) is 0 Å². The van der Waals surface area contributed by atoms with Crippen molar-refractivity contribution in [3.63, 3.8) is 0 Å². The zero-order valence-electron chi connectivity index (χ0n) is 8.89. The minimum Gasteiger partial charge on any atom is -0.361 e. The van der Waals surface area contributed by atoms with Gasteiger partial charge in [0.25, 0.3) is 0 Å². The van der Waals surface area contributed by atoms with Crippen molar-refractivity contribution in [2.45, 2.75) is 20.8 Å². The quantitative estimate of drug-likeness (QED) is 0.698. The van der Waals surface area contributed by atoms with Gasteiger partial charge in [0.1, 0.15) is 0 Å². The topological polar surface area (TPSA) is 15.8 Å². The molecule has 1 N–H and O–H groups in total. The van der Waals surface area contributed by atoms with Crippen LogP contribution >= 0.6 is 0 Å². The third-order valence-electron chi connectivity index (χ3n) is 2.62. The van der Waals surface area contributed by atoms with Crippen LogP contribution in [0.15, 0.2) is 30.5 Å². The van der Waals surface area contributed by atoms with E-state index in [4.69, 9.17) is 0 Å². The van der Waals surface area contributed by atoms with Crippen molar-refractivity contribution in [1.29, 1.82) is 0 Å². The van der Waals surface area contributed by atoms with Gasteiger partial charge < -0.3 is 4.98 Å². The van der Waals surface area contributed by atoms with E-state index in [-0.39, 0.29) is 0 Å². The van der Waals surface area contributed by atoms with Crippen molar-refractivity contribution in [2.24, 2.45) is 0 Å². The van der Waals surface area contributed by atoms with Gasteiger partial charge in [0.05, 0.1) is 0 Å². The second-order valence-electron chi connectivity index (χ2n) is 3.85. The SMILES string of the molecule is Cc1ccc(C)c(-c2[nH]ccc2C)c1. The molecule has 1 aromatic heterocycles. The lowest BCUT2D eigenvalue weighted by Crippen LogP contribution is -1.86. The number of aromatic nitrogens is 1. The Morgan fingerprint density at radius 2 is 1.71 bits per heavy atom. The first kappa shape index (κ1) is 9.07. The summed E-state index contributed by atoms with van der Waals surface area (Å²) in [4.78, 5) is 3.29. The number of hydrogen-bond donors (Lipinski definition) is 1. The van der Waals surface area contributed by atoms with Gasteiger partial charge in [-0.3, -0.25) is 0 Å². The molecular weight excluding hydrogens is 170 g/mol. The second kappa shape index (κ2) is 3.33. The molecule has 0 spiro atoms. The molecule has 0 fully saturated rings. The first-order valence-corrected chi connectivity index (χ1v) is 4.90. The van der Waals surface area contributed by atoms with Crippen LogP contribution in [0.3, 0.4) is 0 Å². The lowest BCUT2D eigenvalue weighted by molar-refractivity contribution is 1.32. The average molecular weight is 185 g/mol. The first-order valence-electron chi connectivity index (χ1n) is 4.90. The summed E-state index contributed by atoms with van der Waals surface area (Å²) in [5, 5.41) is 0. The van der Waals surface area contributed by atoms with Crippen molar-refractivity contribution in [3.8, 4) is 11.3 Å². The Bertz CT molecular complexity index is 452. The van der Waals surface area contributed by atoms with Crippen molar-refractivity contribution >= 4 is 0 Å². The number of H-pyrrole nitrogens is 1. The lowest BCUT2D eigenvalue weighted by Gasteiger charge is -2.06. The Morgan fingerprint density at radius 1 is 0.929 bits per heavy atom. The summed E-state index contributed by atoms with van der Waals surface area (Å²) in [6.45, 7) is 6.41. The molecular formula is C13H15N. The Kier molecular flexibility index (Phi) is 2.16. The van der Waals surface area contributed by atoms with E-state index < -0.39 is 0 Å². The number of hydrogen-bond acceptors (Lipinski definition) is 0. The van der Waals surface area contributed by atoms with Crippen molar-refractivity contribution in [3.05, 3.63) is 47.2 Å². The fraction of sp³-hybridized carbons (Fsp3) is 0.231. The van der Waals surface area contributed by atoms with Crippen LogP contribution in [0.1, 0.15) is 16.7 Å². The molecule has 0 atom stereocenters. The highest BCUT2D eigenvalue weighted by Gasteiger charge is 2.05. The largest absolute Gasteiger partial charge is 0.361 e. The van der Waals surface area contributed by atoms with Gasteiger partial charge in [0.2, 0.25) is 0 Å². The molecule has 0 amide bonds. The molecule has 72 valence electrons. The van der Waals surface area contributed by atoms with E-state index >= 15 is 0 Å². The molecule has 14 heavy (non-hydrogen) atoms. The molecule has 0 radical (unpaired) electrons. The molecule has 1 heteroatoms. The molecule has 0 aliphatic rings. The van der Waals surface area contributed by atoms with Crippen LogP contribution in [0.25, 0.3) is 11.3 Å². The fourth-order valence-corrected chi connectivity index (χ4v) is 1.74. The monoisotopic (exact) mass is 185 g/mol. The van der Waals surface area contributed by atoms with Gasteiger partial charge in [-0.15, -0.1) is 0 Å². The summed E-state index contributed by atoms with van der Waals surface area (Å²) >= 11 is 0. The molecule has 0 aliphatic heterocycles. The van der Waals surface area contributed by atoms with E-state index in [0.29, 0.717) is 0 Å². The summed E-state index contributed by atoms with van der Waals surface area (Å²) in [5.41, 5.74) is 6.48. The Balaban J connectivity index is 2.62. The number of aryl methyl sites for hydroxylation is 3. The van der Waals surface area contributed by atoms with E-state index in [1.54, 1.807) is 0 Å². The van der Waals surface area contributed by atoms with Crippen LogP contribution in [-0.2, 0) is 0 Å². The molecule has 2 aromatic rings. The molecule has 0 saturated heterocycles. The van der Waals surface area contributed by atoms with Crippen molar-refractivity contribution < 1.29 is 0 Å². The van der Waals surface area contributed by atoms with Gasteiger partial charge in [-0.05, 0) is 44.0 Å². The number of benzene rings is 1. The van der Waals surface area contributed by atoms with Crippen LogP contribution in [-0.4, -0.2) is 4.98 Å². The van der Waals surface area contributed by atoms with Crippen molar-refractivity contribution in [2.75, 3.05) is 0 Å². The van der Waals surface area contributed by atoms with Crippen LogP contribution in [0, 0.1) is 20.8 Å². The molecule has 1 heterocycles. The van der Waals surface area contributed by atoms with E-state index in [0.717, 1.165) is 0 Å². The van der Waals surface area contributed by atoms with Crippen LogP contribution < -0.4 is 0 Å². The molecule has 2 rings (SSSR count). The first-order chi connectivity index (χ1) is 6.68. The summed E-state index contributed by atoms with van der Waals surface area (Å²) in [6, 6.07) is 8.66. The Hall–Kier alpha value is -1.50. The average Bonchev–Trinajstić information content (AvgIpc) is 2.56. The van der Waals surface area contributed by atoms with Gasteiger partial charge in [0.15, 0.2) is 0 Å². The maximum absolute atomic E-state index is 3.29. The molecule has 0 saturated carbocycles. The van der Waals surface area contributed by atoms with Gasteiger partial charge >= 0.3 is 0 Å². The normalized spacial score (nSPS) is 10.5. The van der Waals surface area contributed by atoms with E-state index in [1.807, 2.05) is 6.20 Å². The molecule has 0 unspecified atom stereocenters. The van der Waals surface area contributed by atoms with Crippen LogP contribution in [0.5, 0.6) is 0 Å². The molecule has 0 aliphatic carbocycles. The summed E-state index contributed by atoms with van der Waals surface area (Å²) in [7, 11) is 0. The minimum absolute atomic E-state index is 1.24. The summed E-state index contributed by atoms with van der Waals surface area (Å²) < 4.78 is 0. The summed E-state index contributed by atoms with van der Waals surface area (Å²) in [5.74, 6) is 0. The predicted molar refractivity (Wildman–Crippen MR) is 60.4 cm³/mol. The van der Waals surface area contributed by atoms with Gasteiger partial charge in [0, 0.05) is 17.5 Å². The number of rotatable bonds is 1. The zero-order chi connectivity index (χ0) is 10.1. The molecule has 1 nitrogen and oxygen atoms in total. The highest BCUT2D eigenvalue weighted by molar-refractivity contribution is 5.67. The Labute approximate surface area is 84.8 Å². The van der Waals surface area contributed by atoms with Crippen LogP contribution in [0.2, 0.25) is 0 Å². The summed E-state index contributed by atoms with van der Waals surface area (Å²) in [6.07, 6.45) is 1.99. The molecule has 0 bridgehead atoms. The predicted octanol–water partition coefficient (Wildman–Crippen LogP) is 3.61. The maximum Gasteiger partial charge on any atom is 0.0486 e. The van der Waals surface area contributed by atoms with E-state index in [2.05, 4.69) is 50.0 Å². The van der Waals surface area contributed by atoms with Gasteiger partial charge in [-0.1, -0.05) is 17.7 Å². The Morgan fingerprint density at radius 3 is 2.36 bits per heavy atom. The zero-order valence-corrected chi connectivity index (χ0v) is 8.89. The van der Waals surface area contributed by atoms with E-state index in [1.165, 1.54) is 27.9 Å². The number of aromatic amines is 1. The standard InChI is InChI=1S/C13H15N/c1-9-4-5-10(2)12(8-9)13-11(3)6-7-14-13/h4-8,14H,1-3H3. The number of nitrogens with one attached hydrogen (secondary N) is 1. The highest BCUT2D eigenvalue weighted by Crippen LogP contribution is 2.25. The third-order valence-corrected chi connectivity index (χ3v) is 2.62. The van der Waals surface area contributed by atoms with Crippen molar-refractivity contribution in [1.82, 2.24) is 4.98 Å². The minimum atomic E-state index is 1.24.